The monoisotopic (exact) mass is 310 g/mol. The second-order valence-corrected chi connectivity index (χ2v) is 5.37. The van der Waals surface area contributed by atoms with E-state index in [9.17, 15) is 9.59 Å². The number of hydrogen-bond acceptors (Lipinski definition) is 2. The number of nitrogens with zero attached hydrogens (tertiary/aromatic N) is 1. The van der Waals surface area contributed by atoms with Crippen molar-refractivity contribution >= 4 is 17.5 Å². The maximum atomic E-state index is 12.2. The topological polar surface area (TPSA) is 49.4 Å². The van der Waals surface area contributed by atoms with Gasteiger partial charge in [-0.3, -0.25) is 9.59 Å². The molecule has 2 aromatic carbocycles. The molecule has 0 atom stereocenters. The Morgan fingerprint density at radius 1 is 0.870 bits per heavy atom. The van der Waals surface area contributed by atoms with Gasteiger partial charge in [-0.05, 0) is 57.2 Å². The molecule has 0 radical (unpaired) electrons. The molecule has 0 saturated carbocycles. The number of nitrogens with one attached hydrogen (secondary N) is 1. The van der Waals surface area contributed by atoms with Crippen molar-refractivity contribution < 1.29 is 9.59 Å². The van der Waals surface area contributed by atoms with Gasteiger partial charge in [0.15, 0.2) is 0 Å². The minimum absolute atomic E-state index is 0.00594. The van der Waals surface area contributed by atoms with Crippen molar-refractivity contribution in [2.75, 3.05) is 18.4 Å². The molecule has 2 rings (SSSR count). The van der Waals surface area contributed by atoms with E-state index in [0.717, 1.165) is 5.56 Å². The molecule has 23 heavy (non-hydrogen) atoms. The van der Waals surface area contributed by atoms with Crippen LogP contribution in [0.2, 0.25) is 0 Å². The van der Waals surface area contributed by atoms with Crippen LogP contribution in [0, 0.1) is 6.92 Å². The predicted octanol–water partition coefficient (Wildman–Crippen LogP) is 3.73. The molecule has 0 aromatic heterocycles. The summed E-state index contributed by atoms with van der Waals surface area (Å²) >= 11 is 0. The Morgan fingerprint density at radius 3 is 1.91 bits per heavy atom. The lowest BCUT2D eigenvalue weighted by Crippen LogP contribution is -2.30. The lowest BCUT2D eigenvalue weighted by Gasteiger charge is -2.18. The molecule has 4 nitrogen and oxygen atoms in total. The molecular weight excluding hydrogens is 288 g/mol. The van der Waals surface area contributed by atoms with E-state index in [1.165, 1.54) is 0 Å². The molecule has 0 unspecified atom stereocenters. The molecule has 4 heteroatoms. The molecule has 2 aromatic rings. The van der Waals surface area contributed by atoms with E-state index in [0.29, 0.717) is 29.9 Å². The molecule has 0 saturated heterocycles. The average molecular weight is 310 g/mol. The first-order chi connectivity index (χ1) is 11.0. The van der Waals surface area contributed by atoms with Crippen LogP contribution in [-0.2, 0) is 0 Å². The summed E-state index contributed by atoms with van der Waals surface area (Å²) in [5, 5.41) is 2.84. The number of amides is 2. The Bertz CT molecular complexity index is 672. The second-order valence-electron chi connectivity index (χ2n) is 5.37. The first-order valence-electron chi connectivity index (χ1n) is 7.82. The molecular formula is C19H22N2O2. The van der Waals surface area contributed by atoms with Crippen molar-refractivity contribution in [2.45, 2.75) is 20.8 Å². The smallest absolute Gasteiger partial charge is 0.255 e. The molecule has 0 heterocycles. The SMILES string of the molecule is CCN(CC)C(=O)c1ccc(NC(=O)c2ccc(C)cc2)cc1. The molecule has 0 bridgehead atoms. The van der Waals surface area contributed by atoms with Crippen molar-refractivity contribution in [1.82, 2.24) is 4.90 Å². The van der Waals surface area contributed by atoms with Gasteiger partial charge in [0.05, 0.1) is 0 Å². The van der Waals surface area contributed by atoms with Gasteiger partial charge in [-0.15, -0.1) is 0 Å². The summed E-state index contributed by atoms with van der Waals surface area (Å²) in [6.07, 6.45) is 0. The first kappa shape index (κ1) is 16.7. The maximum Gasteiger partial charge on any atom is 0.255 e. The third-order valence-corrected chi connectivity index (χ3v) is 3.75. The molecule has 120 valence electrons. The Hall–Kier alpha value is -2.62. The van der Waals surface area contributed by atoms with Gasteiger partial charge in [0.25, 0.3) is 11.8 Å². The fourth-order valence-electron chi connectivity index (χ4n) is 2.30. The fraction of sp³-hybridized carbons (Fsp3) is 0.263. The van der Waals surface area contributed by atoms with Crippen LogP contribution in [0.3, 0.4) is 0 Å². The fourth-order valence-corrected chi connectivity index (χ4v) is 2.30. The van der Waals surface area contributed by atoms with Gasteiger partial charge >= 0.3 is 0 Å². The average Bonchev–Trinajstić information content (AvgIpc) is 2.57. The van der Waals surface area contributed by atoms with E-state index < -0.39 is 0 Å². The van der Waals surface area contributed by atoms with Crippen molar-refractivity contribution in [2.24, 2.45) is 0 Å². The van der Waals surface area contributed by atoms with Crippen molar-refractivity contribution in [3.63, 3.8) is 0 Å². The Balaban J connectivity index is 2.06. The van der Waals surface area contributed by atoms with Crippen LogP contribution in [0.5, 0.6) is 0 Å². The van der Waals surface area contributed by atoms with Crippen LogP contribution < -0.4 is 5.32 Å². The summed E-state index contributed by atoms with van der Waals surface area (Å²) in [4.78, 5) is 26.2. The van der Waals surface area contributed by atoms with Gasteiger partial charge in [0.1, 0.15) is 0 Å². The number of aryl methyl sites for hydroxylation is 1. The van der Waals surface area contributed by atoms with E-state index in [1.54, 1.807) is 41.3 Å². The van der Waals surface area contributed by atoms with Crippen LogP contribution in [-0.4, -0.2) is 29.8 Å². The number of anilines is 1. The van der Waals surface area contributed by atoms with Crippen molar-refractivity contribution in [3.8, 4) is 0 Å². The number of rotatable bonds is 5. The molecule has 0 aliphatic heterocycles. The van der Waals surface area contributed by atoms with Gasteiger partial charge in [-0.1, -0.05) is 17.7 Å². The quantitative estimate of drug-likeness (QED) is 0.915. The predicted molar refractivity (Wildman–Crippen MR) is 92.8 cm³/mol. The van der Waals surface area contributed by atoms with E-state index >= 15 is 0 Å². The van der Waals surface area contributed by atoms with Gasteiger partial charge in [-0.2, -0.15) is 0 Å². The standard InChI is InChI=1S/C19H22N2O2/c1-4-21(5-2)19(23)16-10-12-17(13-11-16)20-18(22)15-8-6-14(3)7-9-15/h6-13H,4-5H2,1-3H3,(H,20,22). The number of benzene rings is 2. The third-order valence-electron chi connectivity index (χ3n) is 3.75. The van der Waals surface area contributed by atoms with E-state index in [1.807, 2.05) is 32.9 Å². The Labute approximate surface area is 137 Å². The second kappa shape index (κ2) is 7.58. The lowest BCUT2D eigenvalue weighted by atomic mass is 10.1. The van der Waals surface area contributed by atoms with Gasteiger partial charge in [0.2, 0.25) is 0 Å². The molecule has 0 aliphatic rings. The van der Waals surface area contributed by atoms with E-state index in [2.05, 4.69) is 5.32 Å². The van der Waals surface area contributed by atoms with E-state index in [-0.39, 0.29) is 11.8 Å². The van der Waals surface area contributed by atoms with Gasteiger partial charge in [0, 0.05) is 29.9 Å². The Kier molecular flexibility index (Phi) is 5.52. The molecule has 0 spiro atoms. The Morgan fingerprint density at radius 2 is 1.39 bits per heavy atom. The molecule has 1 N–H and O–H groups in total. The lowest BCUT2D eigenvalue weighted by molar-refractivity contribution is 0.0773. The highest BCUT2D eigenvalue weighted by Crippen LogP contribution is 2.13. The van der Waals surface area contributed by atoms with Gasteiger partial charge in [-0.25, -0.2) is 0 Å². The normalized spacial score (nSPS) is 10.2. The molecule has 0 fully saturated rings. The highest BCUT2D eigenvalue weighted by molar-refractivity contribution is 6.04. The summed E-state index contributed by atoms with van der Waals surface area (Å²) < 4.78 is 0. The zero-order chi connectivity index (χ0) is 16.8. The maximum absolute atomic E-state index is 12.2. The number of hydrogen-bond donors (Lipinski definition) is 1. The van der Waals surface area contributed by atoms with E-state index in [4.69, 9.17) is 0 Å². The minimum atomic E-state index is -0.159. The largest absolute Gasteiger partial charge is 0.339 e. The minimum Gasteiger partial charge on any atom is -0.339 e. The summed E-state index contributed by atoms with van der Waals surface area (Å²) in [5.74, 6) is -0.153. The van der Waals surface area contributed by atoms with Crippen LogP contribution in [0.15, 0.2) is 48.5 Å². The van der Waals surface area contributed by atoms with Crippen LogP contribution >= 0.6 is 0 Å². The summed E-state index contributed by atoms with van der Waals surface area (Å²) in [6, 6.07) is 14.4. The van der Waals surface area contributed by atoms with Crippen molar-refractivity contribution in [3.05, 3.63) is 65.2 Å². The summed E-state index contributed by atoms with van der Waals surface area (Å²) in [5.41, 5.74) is 3.02. The van der Waals surface area contributed by atoms with Crippen LogP contribution in [0.25, 0.3) is 0 Å². The van der Waals surface area contributed by atoms with Crippen LogP contribution in [0.4, 0.5) is 5.69 Å². The number of carbonyl (C=O) groups is 2. The molecule has 0 aliphatic carbocycles. The zero-order valence-corrected chi connectivity index (χ0v) is 13.8. The zero-order valence-electron chi connectivity index (χ0n) is 13.8. The van der Waals surface area contributed by atoms with Gasteiger partial charge < -0.3 is 10.2 Å². The summed E-state index contributed by atoms with van der Waals surface area (Å²) in [6.45, 7) is 7.25. The van der Waals surface area contributed by atoms with Crippen LogP contribution in [0.1, 0.15) is 40.1 Å². The molecule has 2 amide bonds. The highest BCUT2D eigenvalue weighted by atomic mass is 16.2. The first-order valence-corrected chi connectivity index (χ1v) is 7.82. The van der Waals surface area contributed by atoms with Crippen molar-refractivity contribution in [1.29, 1.82) is 0 Å². The summed E-state index contributed by atoms with van der Waals surface area (Å²) in [7, 11) is 0. The number of carbonyl (C=O) groups excluding carboxylic acids is 2. The highest BCUT2D eigenvalue weighted by Gasteiger charge is 2.12. The third kappa shape index (κ3) is 4.19.